The largest absolute Gasteiger partial charge is 0.493 e. The van der Waals surface area contributed by atoms with Crippen LogP contribution in [0.1, 0.15) is 12.5 Å². The van der Waals surface area contributed by atoms with Gasteiger partial charge in [0.05, 0.1) is 22.3 Å². The third-order valence-corrected chi connectivity index (χ3v) is 5.11. The van der Waals surface area contributed by atoms with Crippen LogP contribution in [-0.4, -0.2) is 31.2 Å². The molecule has 0 radical (unpaired) electrons. The molecular formula is C20H14Cl2N2O6. The van der Waals surface area contributed by atoms with Gasteiger partial charge in [-0.1, -0.05) is 23.2 Å². The molecule has 1 fully saturated rings. The molecule has 2 aliphatic rings. The van der Waals surface area contributed by atoms with Crippen molar-refractivity contribution in [2.45, 2.75) is 6.92 Å². The Morgan fingerprint density at radius 1 is 1.10 bits per heavy atom. The van der Waals surface area contributed by atoms with Gasteiger partial charge in [-0.15, -0.1) is 0 Å². The average molecular weight is 449 g/mol. The maximum absolute atomic E-state index is 13.1. The lowest BCUT2D eigenvalue weighted by atomic mass is 10.1. The Labute approximate surface area is 180 Å². The second-order valence-electron chi connectivity index (χ2n) is 6.23. The number of hydrogen-bond donors (Lipinski definition) is 1. The van der Waals surface area contributed by atoms with Gasteiger partial charge in [0, 0.05) is 11.6 Å². The number of nitrogens with one attached hydrogen (secondary N) is 1. The van der Waals surface area contributed by atoms with Gasteiger partial charge < -0.3 is 14.2 Å². The SMILES string of the molecule is CCOc1cc2c(cc1/C=C1/C(=O)NC(=O)N(c3ccc(Cl)c(Cl)c3)C1=O)OCO2. The molecule has 2 aliphatic heterocycles. The number of nitrogens with zero attached hydrogens (tertiary/aromatic N) is 1. The van der Waals surface area contributed by atoms with E-state index >= 15 is 0 Å². The Kier molecular flexibility index (Phi) is 5.27. The summed E-state index contributed by atoms with van der Waals surface area (Å²) < 4.78 is 16.3. The highest BCUT2D eigenvalue weighted by Crippen LogP contribution is 2.39. The minimum absolute atomic E-state index is 0.0555. The second kappa shape index (κ2) is 7.89. The lowest BCUT2D eigenvalue weighted by molar-refractivity contribution is -0.122. The first kappa shape index (κ1) is 20.1. The Morgan fingerprint density at radius 2 is 1.83 bits per heavy atom. The van der Waals surface area contributed by atoms with Crippen LogP contribution in [0, 0.1) is 0 Å². The Bertz CT molecular complexity index is 1110. The highest BCUT2D eigenvalue weighted by atomic mass is 35.5. The number of halogens is 2. The van der Waals surface area contributed by atoms with E-state index < -0.39 is 17.8 Å². The first-order valence-electron chi connectivity index (χ1n) is 8.82. The summed E-state index contributed by atoms with van der Waals surface area (Å²) in [6, 6.07) is 6.58. The third-order valence-electron chi connectivity index (χ3n) is 4.37. The van der Waals surface area contributed by atoms with Crippen molar-refractivity contribution in [1.29, 1.82) is 0 Å². The highest BCUT2D eigenvalue weighted by molar-refractivity contribution is 6.43. The summed E-state index contributed by atoms with van der Waals surface area (Å²) in [6.45, 7) is 2.20. The van der Waals surface area contributed by atoms with E-state index in [0.717, 1.165) is 4.90 Å². The van der Waals surface area contributed by atoms with Gasteiger partial charge in [0.1, 0.15) is 11.3 Å². The van der Waals surface area contributed by atoms with Crippen LogP contribution in [0.15, 0.2) is 35.9 Å². The number of barbiturate groups is 1. The number of benzene rings is 2. The maximum Gasteiger partial charge on any atom is 0.335 e. The number of urea groups is 1. The van der Waals surface area contributed by atoms with E-state index in [2.05, 4.69) is 5.32 Å². The minimum Gasteiger partial charge on any atom is -0.493 e. The number of amides is 4. The highest BCUT2D eigenvalue weighted by Gasteiger charge is 2.37. The monoisotopic (exact) mass is 448 g/mol. The van der Waals surface area contributed by atoms with Crippen LogP contribution in [0.25, 0.3) is 6.08 Å². The first-order valence-corrected chi connectivity index (χ1v) is 9.57. The molecule has 8 nitrogen and oxygen atoms in total. The topological polar surface area (TPSA) is 94.2 Å². The number of rotatable bonds is 4. The predicted molar refractivity (Wildman–Crippen MR) is 109 cm³/mol. The molecule has 0 spiro atoms. The molecule has 30 heavy (non-hydrogen) atoms. The number of carbonyl (C=O) groups excluding carboxylic acids is 3. The average Bonchev–Trinajstić information content (AvgIpc) is 3.15. The fourth-order valence-electron chi connectivity index (χ4n) is 3.00. The summed E-state index contributed by atoms with van der Waals surface area (Å²) in [6.07, 6.45) is 1.33. The summed E-state index contributed by atoms with van der Waals surface area (Å²) in [5, 5.41) is 2.57. The van der Waals surface area contributed by atoms with Crippen LogP contribution in [0.2, 0.25) is 10.0 Å². The summed E-state index contributed by atoms with van der Waals surface area (Å²) in [5.41, 5.74) is 0.324. The van der Waals surface area contributed by atoms with Gasteiger partial charge in [-0.2, -0.15) is 0 Å². The van der Waals surface area contributed by atoms with Crippen molar-refractivity contribution in [2.24, 2.45) is 0 Å². The lowest BCUT2D eigenvalue weighted by Crippen LogP contribution is -2.54. The summed E-state index contributed by atoms with van der Waals surface area (Å²) in [4.78, 5) is 38.6. The minimum atomic E-state index is -0.892. The summed E-state index contributed by atoms with van der Waals surface area (Å²) in [5.74, 6) is -0.310. The fraction of sp³-hybridized carbons (Fsp3) is 0.150. The molecule has 1 N–H and O–H groups in total. The molecule has 1 saturated heterocycles. The smallest absolute Gasteiger partial charge is 0.335 e. The molecule has 2 heterocycles. The van der Waals surface area contributed by atoms with Crippen molar-refractivity contribution in [3.8, 4) is 17.2 Å². The van der Waals surface area contributed by atoms with E-state index in [1.807, 2.05) is 0 Å². The van der Waals surface area contributed by atoms with Crippen molar-refractivity contribution < 1.29 is 28.6 Å². The normalized spacial score (nSPS) is 16.8. The molecule has 154 valence electrons. The van der Waals surface area contributed by atoms with Crippen molar-refractivity contribution in [1.82, 2.24) is 5.32 Å². The van der Waals surface area contributed by atoms with Crippen LogP contribution in [0.3, 0.4) is 0 Å². The molecule has 4 amide bonds. The number of carbonyl (C=O) groups is 3. The standard InChI is InChI=1S/C20H14Cl2N2O6/c1-2-28-15-8-17-16(29-9-30-17)6-10(15)5-12-18(25)23-20(27)24(19(12)26)11-3-4-13(21)14(22)7-11/h3-8H,2,9H2,1H3,(H,23,25,27)/b12-5-. The number of anilines is 1. The van der Waals surface area contributed by atoms with Gasteiger partial charge in [-0.3, -0.25) is 14.9 Å². The number of hydrogen-bond acceptors (Lipinski definition) is 6. The van der Waals surface area contributed by atoms with Crippen molar-refractivity contribution in [2.75, 3.05) is 18.3 Å². The molecule has 0 unspecified atom stereocenters. The van der Waals surface area contributed by atoms with Gasteiger partial charge in [-0.05, 0) is 37.3 Å². The van der Waals surface area contributed by atoms with Crippen LogP contribution >= 0.6 is 23.2 Å². The second-order valence-corrected chi connectivity index (χ2v) is 7.05. The van der Waals surface area contributed by atoms with Crippen molar-refractivity contribution in [3.63, 3.8) is 0 Å². The summed E-state index contributed by atoms with van der Waals surface area (Å²) >= 11 is 11.9. The van der Waals surface area contributed by atoms with Gasteiger partial charge in [0.2, 0.25) is 6.79 Å². The van der Waals surface area contributed by atoms with Gasteiger partial charge >= 0.3 is 6.03 Å². The van der Waals surface area contributed by atoms with Crippen LogP contribution in [-0.2, 0) is 9.59 Å². The number of ether oxygens (including phenoxy) is 3. The van der Waals surface area contributed by atoms with Crippen LogP contribution in [0.5, 0.6) is 17.2 Å². The molecular weight excluding hydrogens is 435 g/mol. The van der Waals surface area contributed by atoms with Gasteiger partial charge in [0.15, 0.2) is 11.5 Å². The van der Waals surface area contributed by atoms with E-state index in [-0.39, 0.29) is 28.1 Å². The predicted octanol–water partition coefficient (Wildman–Crippen LogP) is 3.79. The fourth-order valence-corrected chi connectivity index (χ4v) is 3.30. The van der Waals surface area contributed by atoms with Crippen LogP contribution in [0.4, 0.5) is 10.5 Å². The van der Waals surface area contributed by atoms with E-state index in [4.69, 9.17) is 37.4 Å². The molecule has 0 aromatic heterocycles. The zero-order chi connectivity index (χ0) is 21.4. The van der Waals surface area contributed by atoms with E-state index in [1.54, 1.807) is 19.1 Å². The first-order chi connectivity index (χ1) is 14.4. The maximum atomic E-state index is 13.1. The lowest BCUT2D eigenvalue weighted by Gasteiger charge is -2.26. The van der Waals surface area contributed by atoms with Crippen LogP contribution < -0.4 is 24.4 Å². The number of fused-ring (bicyclic) bond motifs is 1. The van der Waals surface area contributed by atoms with E-state index in [9.17, 15) is 14.4 Å². The number of imide groups is 2. The molecule has 0 atom stereocenters. The zero-order valence-corrected chi connectivity index (χ0v) is 17.0. The molecule has 2 aromatic rings. The third kappa shape index (κ3) is 3.55. The molecule has 2 aromatic carbocycles. The zero-order valence-electron chi connectivity index (χ0n) is 15.5. The van der Waals surface area contributed by atoms with E-state index in [1.165, 1.54) is 24.3 Å². The molecule has 0 bridgehead atoms. The van der Waals surface area contributed by atoms with Crippen molar-refractivity contribution in [3.05, 3.63) is 51.5 Å². The molecule has 0 aliphatic carbocycles. The van der Waals surface area contributed by atoms with Crippen molar-refractivity contribution >= 4 is 52.8 Å². The molecule has 4 rings (SSSR count). The summed E-state index contributed by atoms with van der Waals surface area (Å²) in [7, 11) is 0. The quantitative estimate of drug-likeness (QED) is 0.564. The van der Waals surface area contributed by atoms with Gasteiger partial charge in [-0.25, -0.2) is 9.69 Å². The molecule has 10 heteroatoms. The Hall–Kier alpha value is -3.23. The molecule has 0 saturated carbocycles. The Morgan fingerprint density at radius 3 is 2.53 bits per heavy atom. The Balaban J connectivity index is 1.77. The van der Waals surface area contributed by atoms with Gasteiger partial charge in [0.25, 0.3) is 11.8 Å². The van der Waals surface area contributed by atoms with E-state index in [0.29, 0.717) is 29.4 Å².